The van der Waals surface area contributed by atoms with Crippen LogP contribution in [0.1, 0.15) is 38.1 Å². The van der Waals surface area contributed by atoms with Crippen LogP contribution < -0.4 is 10.6 Å². The van der Waals surface area contributed by atoms with E-state index in [2.05, 4.69) is 10.6 Å². The SMILES string of the molecule is C[C@H](Sc1ccccc1C(=O)NCC(=O)C(C)(C)C)C(=O)Nc1ccccc1. The molecule has 0 aliphatic heterocycles. The molecule has 5 nitrogen and oxygen atoms in total. The molecule has 0 saturated heterocycles. The Kier molecular flexibility index (Phi) is 7.40. The Balaban J connectivity index is 2.03. The topological polar surface area (TPSA) is 75.3 Å². The van der Waals surface area contributed by atoms with Crippen LogP contribution in [-0.4, -0.2) is 29.4 Å². The van der Waals surface area contributed by atoms with Crippen molar-refractivity contribution in [3.8, 4) is 0 Å². The van der Waals surface area contributed by atoms with Crippen LogP contribution >= 0.6 is 11.8 Å². The Morgan fingerprint density at radius 3 is 2.21 bits per heavy atom. The van der Waals surface area contributed by atoms with Gasteiger partial charge in [0, 0.05) is 16.0 Å². The summed E-state index contributed by atoms with van der Waals surface area (Å²) in [5.41, 5.74) is 0.672. The summed E-state index contributed by atoms with van der Waals surface area (Å²) >= 11 is 1.31. The minimum atomic E-state index is -0.508. The Labute approximate surface area is 170 Å². The molecule has 2 aromatic carbocycles. The number of amides is 2. The van der Waals surface area contributed by atoms with Gasteiger partial charge in [-0.15, -0.1) is 11.8 Å². The van der Waals surface area contributed by atoms with E-state index in [-0.39, 0.29) is 24.1 Å². The van der Waals surface area contributed by atoms with Crippen molar-refractivity contribution in [1.82, 2.24) is 5.32 Å². The van der Waals surface area contributed by atoms with E-state index in [0.717, 1.165) is 5.69 Å². The molecule has 0 fully saturated rings. The first-order chi connectivity index (χ1) is 13.2. The Hall–Kier alpha value is -2.60. The van der Waals surface area contributed by atoms with Crippen molar-refractivity contribution >= 4 is 35.0 Å². The summed E-state index contributed by atoms with van der Waals surface area (Å²) in [5, 5.41) is 5.15. The molecule has 28 heavy (non-hydrogen) atoms. The molecule has 1 atom stereocenters. The number of para-hydroxylation sites is 1. The van der Waals surface area contributed by atoms with E-state index < -0.39 is 10.7 Å². The van der Waals surface area contributed by atoms with Crippen LogP contribution in [0.2, 0.25) is 0 Å². The predicted octanol–water partition coefficient (Wildman–Crippen LogP) is 4.15. The summed E-state index contributed by atoms with van der Waals surface area (Å²) in [6, 6.07) is 16.3. The van der Waals surface area contributed by atoms with Gasteiger partial charge in [-0.3, -0.25) is 14.4 Å². The van der Waals surface area contributed by atoms with E-state index in [4.69, 9.17) is 0 Å². The third kappa shape index (κ3) is 6.23. The number of anilines is 1. The van der Waals surface area contributed by atoms with Gasteiger partial charge < -0.3 is 10.6 Å². The average molecular weight is 399 g/mol. The minimum absolute atomic E-state index is 0.0224. The van der Waals surface area contributed by atoms with Crippen molar-refractivity contribution in [2.75, 3.05) is 11.9 Å². The molecule has 0 radical (unpaired) electrons. The molecule has 2 aromatic rings. The summed E-state index contributed by atoms with van der Waals surface area (Å²) in [6.07, 6.45) is 0. The largest absolute Gasteiger partial charge is 0.345 e. The lowest BCUT2D eigenvalue weighted by Crippen LogP contribution is -2.35. The van der Waals surface area contributed by atoms with Gasteiger partial charge in [-0.1, -0.05) is 51.1 Å². The summed E-state index contributed by atoms with van der Waals surface area (Å²) < 4.78 is 0. The number of hydrogen-bond acceptors (Lipinski definition) is 4. The molecular weight excluding hydrogens is 372 g/mol. The summed E-state index contributed by atoms with van der Waals surface area (Å²) in [5.74, 6) is -0.507. The monoisotopic (exact) mass is 398 g/mol. The number of Topliss-reactive ketones (excluding diaryl/α,β-unsaturated/α-hetero) is 1. The van der Waals surface area contributed by atoms with Crippen LogP contribution in [0.25, 0.3) is 0 Å². The quantitative estimate of drug-likeness (QED) is 0.687. The molecule has 2 amide bonds. The molecule has 0 bridgehead atoms. The molecule has 0 aliphatic carbocycles. The fraction of sp³-hybridized carbons (Fsp3) is 0.318. The zero-order valence-electron chi connectivity index (χ0n) is 16.6. The maximum absolute atomic E-state index is 12.6. The standard InChI is InChI=1S/C22H26N2O3S/c1-15(20(26)24-16-10-6-5-7-11-16)28-18-13-9-8-12-17(18)21(27)23-14-19(25)22(2,3)4/h5-13,15H,14H2,1-4H3,(H,23,27)(H,24,26)/t15-/m0/s1. The van der Waals surface area contributed by atoms with Gasteiger partial charge >= 0.3 is 0 Å². The maximum Gasteiger partial charge on any atom is 0.252 e. The van der Waals surface area contributed by atoms with Crippen LogP contribution in [0.5, 0.6) is 0 Å². The van der Waals surface area contributed by atoms with Crippen molar-refractivity contribution in [2.24, 2.45) is 5.41 Å². The highest BCUT2D eigenvalue weighted by Crippen LogP contribution is 2.27. The lowest BCUT2D eigenvalue weighted by molar-refractivity contribution is -0.125. The van der Waals surface area contributed by atoms with Crippen LogP contribution in [0.3, 0.4) is 0 Å². The van der Waals surface area contributed by atoms with Crippen LogP contribution in [0, 0.1) is 5.41 Å². The first-order valence-corrected chi connectivity index (χ1v) is 9.99. The second-order valence-corrected chi connectivity index (χ2v) is 8.85. The van der Waals surface area contributed by atoms with Gasteiger partial charge in [-0.25, -0.2) is 0 Å². The molecule has 0 aromatic heterocycles. The molecule has 0 spiro atoms. The van der Waals surface area contributed by atoms with Crippen molar-refractivity contribution in [2.45, 2.75) is 37.8 Å². The summed E-state index contributed by atoms with van der Waals surface area (Å²) in [7, 11) is 0. The first kappa shape index (κ1) is 21.7. The van der Waals surface area contributed by atoms with Crippen molar-refractivity contribution in [3.63, 3.8) is 0 Å². The van der Waals surface area contributed by atoms with Crippen molar-refractivity contribution < 1.29 is 14.4 Å². The number of carbonyl (C=O) groups excluding carboxylic acids is 3. The van der Waals surface area contributed by atoms with Gasteiger partial charge in [0.25, 0.3) is 5.91 Å². The molecule has 0 aliphatic rings. The molecular formula is C22H26N2O3S. The lowest BCUT2D eigenvalue weighted by Gasteiger charge is -2.18. The molecule has 0 unspecified atom stereocenters. The molecule has 6 heteroatoms. The average Bonchev–Trinajstić information content (AvgIpc) is 2.66. The van der Waals surface area contributed by atoms with Gasteiger partial charge in [0.1, 0.15) is 0 Å². The van der Waals surface area contributed by atoms with Gasteiger partial charge in [0.2, 0.25) is 5.91 Å². The minimum Gasteiger partial charge on any atom is -0.345 e. The highest BCUT2D eigenvalue weighted by atomic mass is 32.2. The Morgan fingerprint density at radius 2 is 1.57 bits per heavy atom. The Morgan fingerprint density at radius 1 is 0.964 bits per heavy atom. The van der Waals surface area contributed by atoms with Gasteiger partial charge in [0.15, 0.2) is 5.78 Å². The van der Waals surface area contributed by atoms with E-state index in [1.165, 1.54) is 11.8 Å². The number of hydrogen-bond donors (Lipinski definition) is 2. The number of nitrogens with one attached hydrogen (secondary N) is 2. The third-order valence-corrected chi connectivity index (χ3v) is 5.27. The smallest absolute Gasteiger partial charge is 0.252 e. The summed E-state index contributed by atoms with van der Waals surface area (Å²) in [6.45, 7) is 7.22. The van der Waals surface area contributed by atoms with E-state index in [1.807, 2.05) is 57.2 Å². The normalized spacial score (nSPS) is 12.1. The maximum atomic E-state index is 12.6. The second kappa shape index (κ2) is 9.55. The molecule has 0 heterocycles. The molecule has 2 N–H and O–H groups in total. The van der Waals surface area contributed by atoms with Gasteiger partial charge in [-0.05, 0) is 31.2 Å². The zero-order valence-corrected chi connectivity index (χ0v) is 17.4. The van der Waals surface area contributed by atoms with Gasteiger partial charge in [-0.2, -0.15) is 0 Å². The molecule has 2 rings (SSSR count). The van der Waals surface area contributed by atoms with E-state index in [9.17, 15) is 14.4 Å². The van der Waals surface area contributed by atoms with Crippen LogP contribution in [-0.2, 0) is 9.59 Å². The van der Waals surface area contributed by atoms with Crippen LogP contribution in [0.4, 0.5) is 5.69 Å². The summed E-state index contributed by atoms with van der Waals surface area (Å²) in [4.78, 5) is 37.8. The fourth-order valence-corrected chi connectivity index (χ4v) is 3.28. The lowest BCUT2D eigenvalue weighted by atomic mass is 9.91. The molecule has 0 saturated carbocycles. The second-order valence-electron chi connectivity index (χ2n) is 7.47. The number of benzene rings is 2. The first-order valence-electron chi connectivity index (χ1n) is 9.11. The van der Waals surface area contributed by atoms with Crippen LogP contribution in [0.15, 0.2) is 59.5 Å². The van der Waals surface area contributed by atoms with E-state index in [0.29, 0.717) is 10.5 Å². The number of ketones is 1. The fourth-order valence-electron chi connectivity index (χ4n) is 2.29. The third-order valence-electron chi connectivity index (χ3n) is 4.09. The zero-order chi connectivity index (χ0) is 20.7. The van der Waals surface area contributed by atoms with E-state index >= 15 is 0 Å². The number of carbonyl (C=O) groups is 3. The van der Waals surface area contributed by atoms with E-state index in [1.54, 1.807) is 25.1 Å². The number of rotatable bonds is 7. The van der Waals surface area contributed by atoms with Gasteiger partial charge in [0.05, 0.1) is 17.4 Å². The number of thioether (sulfide) groups is 1. The highest BCUT2D eigenvalue weighted by Gasteiger charge is 2.23. The Bertz CT molecular complexity index is 844. The van der Waals surface area contributed by atoms with Crippen molar-refractivity contribution in [1.29, 1.82) is 0 Å². The predicted molar refractivity (Wildman–Crippen MR) is 114 cm³/mol. The van der Waals surface area contributed by atoms with Crippen molar-refractivity contribution in [3.05, 3.63) is 60.2 Å². The highest BCUT2D eigenvalue weighted by molar-refractivity contribution is 8.00. The molecule has 148 valence electrons.